The number of hydrogen-bond acceptors (Lipinski definition) is 4. The summed E-state index contributed by atoms with van der Waals surface area (Å²) < 4.78 is 23.7. The van der Waals surface area contributed by atoms with Gasteiger partial charge in [-0.1, -0.05) is 18.2 Å². The molecule has 3 N–H and O–H groups in total. The molecule has 1 fully saturated rings. The number of nitrogens with one attached hydrogen (secondary N) is 1. The van der Waals surface area contributed by atoms with Crippen molar-refractivity contribution in [2.75, 3.05) is 18.4 Å². The topological polar surface area (TPSA) is 105 Å². The molecule has 2 aromatic rings. The van der Waals surface area contributed by atoms with Gasteiger partial charge in [-0.15, -0.1) is 0 Å². The van der Waals surface area contributed by atoms with Gasteiger partial charge in [0, 0.05) is 24.4 Å². The number of carbonyl (C=O) groups is 1. The van der Waals surface area contributed by atoms with Gasteiger partial charge in [0.05, 0.1) is 17.4 Å². The van der Waals surface area contributed by atoms with Crippen molar-refractivity contribution in [1.29, 1.82) is 0 Å². The average molecular weight is 334 g/mol. The van der Waals surface area contributed by atoms with Crippen LogP contribution < -0.4 is 10.5 Å². The average Bonchev–Trinajstić information content (AvgIpc) is 2.54. The summed E-state index contributed by atoms with van der Waals surface area (Å²) in [5.74, 6) is -0.337. The summed E-state index contributed by atoms with van der Waals surface area (Å²) in [6, 6.07) is 9.54. The smallest absolute Gasteiger partial charge is 0.276 e. The third-order valence-corrected chi connectivity index (χ3v) is 5.13. The summed E-state index contributed by atoms with van der Waals surface area (Å²) in [5.41, 5.74) is 1.51. The minimum atomic E-state index is -3.67. The van der Waals surface area contributed by atoms with Crippen molar-refractivity contribution >= 4 is 32.7 Å². The van der Waals surface area contributed by atoms with Gasteiger partial charge >= 0.3 is 0 Å². The maximum absolute atomic E-state index is 12.3. The fourth-order valence-electron chi connectivity index (χ4n) is 2.76. The maximum atomic E-state index is 12.3. The molecule has 2 heterocycles. The van der Waals surface area contributed by atoms with Gasteiger partial charge in [0.15, 0.2) is 0 Å². The molecule has 0 saturated carbocycles. The van der Waals surface area contributed by atoms with Crippen LogP contribution in [0.1, 0.15) is 12.8 Å². The second-order valence-corrected chi connectivity index (χ2v) is 7.17. The molecule has 23 heavy (non-hydrogen) atoms. The molecule has 8 heteroatoms. The molecule has 0 atom stereocenters. The molecule has 1 aliphatic rings. The highest BCUT2D eigenvalue weighted by Gasteiger charge is 2.29. The van der Waals surface area contributed by atoms with Crippen LogP contribution in [0.4, 0.5) is 5.69 Å². The fourth-order valence-corrected chi connectivity index (χ4v) is 3.48. The first-order valence-corrected chi connectivity index (χ1v) is 8.87. The first kappa shape index (κ1) is 15.9. The van der Waals surface area contributed by atoms with Gasteiger partial charge in [-0.2, -0.15) is 12.7 Å². The van der Waals surface area contributed by atoms with Gasteiger partial charge < -0.3 is 5.32 Å². The largest absolute Gasteiger partial charge is 0.324 e. The SMILES string of the molecule is NS(=O)(=O)N1CCC(C(=O)Nc2cnc3ccccc3c2)CC1. The van der Waals surface area contributed by atoms with E-state index in [1.165, 1.54) is 4.31 Å². The number of benzene rings is 1. The number of hydrogen-bond donors (Lipinski definition) is 2. The highest BCUT2D eigenvalue weighted by molar-refractivity contribution is 7.86. The van der Waals surface area contributed by atoms with Crippen LogP contribution in [0.5, 0.6) is 0 Å². The Morgan fingerprint density at radius 1 is 1.26 bits per heavy atom. The molecular weight excluding hydrogens is 316 g/mol. The van der Waals surface area contributed by atoms with Crippen LogP contribution in [0.2, 0.25) is 0 Å². The molecule has 1 aromatic heterocycles. The third-order valence-electron chi connectivity index (χ3n) is 4.04. The van der Waals surface area contributed by atoms with E-state index in [1.807, 2.05) is 30.3 Å². The Balaban J connectivity index is 1.65. The van der Waals surface area contributed by atoms with Crippen molar-refractivity contribution < 1.29 is 13.2 Å². The number of piperidine rings is 1. The number of pyridine rings is 1. The number of nitrogens with two attached hydrogens (primary N) is 1. The van der Waals surface area contributed by atoms with Gasteiger partial charge in [0.1, 0.15) is 0 Å². The number of nitrogens with zero attached hydrogens (tertiary/aromatic N) is 2. The summed E-state index contributed by atoms with van der Waals surface area (Å²) >= 11 is 0. The van der Waals surface area contributed by atoms with Crippen LogP contribution in [0, 0.1) is 5.92 Å². The van der Waals surface area contributed by atoms with Crippen LogP contribution >= 0.6 is 0 Å². The van der Waals surface area contributed by atoms with E-state index >= 15 is 0 Å². The lowest BCUT2D eigenvalue weighted by atomic mass is 9.97. The fraction of sp³-hybridized carbons (Fsp3) is 0.333. The summed E-state index contributed by atoms with van der Waals surface area (Å²) in [6.07, 6.45) is 2.55. The van der Waals surface area contributed by atoms with E-state index in [4.69, 9.17) is 5.14 Å². The number of carbonyl (C=O) groups excluding carboxylic acids is 1. The van der Waals surface area contributed by atoms with E-state index < -0.39 is 10.2 Å². The molecule has 0 unspecified atom stereocenters. The minimum Gasteiger partial charge on any atom is -0.324 e. The third kappa shape index (κ3) is 3.66. The Hall–Kier alpha value is -2.03. The lowest BCUT2D eigenvalue weighted by molar-refractivity contribution is -0.120. The van der Waals surface area contributed by atoms with Crippen molar-refractivity contribution in [3.8, 4) is 0 Å². The Morgan fingerprint density at radius 3 is 2.65 bits per heavy atom. The highest BCUT2D eigenvalue weighted by atomic mass is 32.2. The number of para-hydroxylation sites is 1. The predicted molar refractivity (Wildman–Crippen MR) is 87.8 cm³/mol. The first-order chi connectivity index (χ1) is 10.9. The van der Waals surface area contributed by atoms with Crippen LogP contribution in [0.3, 0.4) is 0 Å². The molecule has 0 aliphatic carbocycles. The second kappa shape index (κ2) is 6.23. The zero-order valence-corrected chi connectivity index (χ0v) is 13.3. The number of amides is 1. The van der Waals surface area contributed by atoms with Crippen LogP contribution in [0.25, 0.3) is 10.9 Å². The second-order valence-electron chi connectivity index (χ2n) is 5.62. The summed E-state index contributed by atoms with van der Waals surface area (Å²) in [5, 5.41) is 8.91. The van der Waals surface area contributed by atoms with E-state index in [1.54, 1.807) is 6.20 Å². The molecule has 0 bridgehead atoms. The molecule has 122 valence electrons. The molecule has 0 radical (unpaired) electrons. The molecule has 1 aromatic carbocycles. The quantitative estimate of drug-likeness (QED) is 0.876. The van der Waals surface area contributed by atoms with E-state index in [9.17, 15) is 13.2 Å². The van der Waals surface area contributed by atoms with Crippen molar-refractivity contribution in [3.05, 3.63) is 36.5 Å². The van der Waals surface area contributed by atoms with Crippen molar-refractivity contribution in [2.45, 2.75) is 12.8 Å². The number of anilines is 1. The Labute approximate surface area is 134 Å². The van der Waals surface area contributed by atoms with E-state index in [-0.39, 0.29) is 24.9 Å². The van der Waals surface area contributed by atoms with E-state index in [0.29, 0.717) is 18.5 Å². The van der Waals surface area contributed by atoms with Crippen molar-refractivity contribution in [2.24, 2.45) is 11.1 Å². The molecule has 1 aliphatic heterocycles. The molecule has 1 saturated heterocycles. The first-order valence-electron chi connectivity index (χ1n) is 7.37. The Kier molecular flexibility index (Phi) is 4.29. The predicted octanol–water partition coefficient (Wildman–Crippen LogP) is 1.09. The highest BCUT2D eigenvalue weighted by Crippen LogP contribution is 2.21. The number of fused-ring (bicyclic) bond motifs is 1. The summed E-state index contributed by atoms with van der Waals surface area (Å²) in [7, 11) is -3.67. The maximum Gasteiger partial charge on any atom is 0.276 e. The van der Waals surface area contributed by atoms with E-state index in [2.05, 4.69) is 10.3 Å². The number of rotatable bonds is 3. The molecule has 3 rings (SSSR count). The molecule has 7 nitrogen and oxygen atoms in total. The minimum absolute atomic E-state index is 0.115. The standard InChI is InChI=1S/C15H18N4O3S/c16-23(21,22)19-7-5-11(6-8-19)15(20)18-13-9-12-3-1-2-4-14(12)17-10-13/h1-4,9-11H,5-8H2,(H,18,20)(H2,16,21,22). The van der Waals surface area contributed by atoms with Crippen LogP contribution in [-0.2, 0) is 15.0 Å². The molecule has 0 spiro atoms. The molecule has 1 amide bonds. The van der Waals surface area contributed by atoms with Gasteiger partial charge in [-0.05, 0) is 25.0 Å². The van der Waals surface area contributed by atoms with Crippen molar-refractivity contribution in [1.82, 2.24) is 9.29 Å². The lowest BCUT2D eigenvalue weighted by Gasteiger charge is -2.28. The van der Waals surface area contributed by atoms with Crippen LogP contribution in [-0.4, -0.2) is 36.7 Å². The van der Waals surface area contributed by atoms with Gasteiger partial charge in [-0.3, -0.25) is 9.78 Å². The monoisotopic (exact) mass is 334 g/mol. The van der Waals surface area contributed by atoms with Gasteiger partial charge in [0.2, 0.25) is 5.91 Å². The zero-order valence-electron chi connectivity index (χ0n) is 12.5. The lowest BCUT2D eigenvalue weighted by Crippen LogP contribution is -2.44. The summed E-state index contributed by atoms with van der Waals surface area (Å²) in [6.45, 7) is 0.541. The Morgan fingerprint density at radius 2 is 1.96 bits per heavy atom. The normalized spacial score (nSPS) is 17.3. The summed E-state index contributed by atoms with van der Waals surface area (Å²) in [4.78, 5) is 16.6. The zero-order chi connectivity index (χ0) is 16.4. The van der Waals surface area contributed by atoms with Gasteiger partial charge in [0.25, 0.3) is 10.2 Å². The number of aromatic nitrogens is 1. The van der Waals surface area contributed by atoms with Gasteiger partial charge in [-0.25, -0.2) is 5.14 Å². The van der Waals surface area contributed by atoms with Crippen LogP contribution in [0.15, 0.2) is 36.5 Å². The molecular formula is C15H18N4O3S. The van der Waals surface area contributed by atoms with Crippen molar-refractivity contribution in [3.63, 3.8) is 0 Å². The Bertz CT molecular complexity index is 829. The van der Waals surface area contributed by atoms with E-state index in [0.717, 1.165) is 10.9 Å².